The summed E-state index contributed by atoms with van der Waals surface area (Å²) >= 11 is 0. The number of hydrogen-bond donors (Lipinski definition) is 2. The van der Waals surface area contributed by atoms with Crippen LogP contribution in [0.3, 0.4) is 0 Å². The molecule has 1 aromatic carbocycles. The van der Waals surface area contributed by atoms with Crippen molar-refractivity contribution in [2.75, 3.05) is 20.8 Å². The Kier molecular flexibility index (Phi) is 3.08. The second-order valence-electron chi connectivity index (χ2n) is 3.98. The number of hydrogen-bond acceptors (Lipinski definition) is 4. The Balaban J connectivity index is 2.37. The number of amides is 1. The molecule has 0 radical (unpaired) electrons. The first-order valence-corrected chi connectivity index (χ1v) is 5.37. The number of aromatic hydroxyl groups is 1. The summed E-state index contributed by atoms with van der Waals surface area (Å²) in [4.78, 5) is 11.2. The fraction of sp³-hybridized carbons (Fsp3) is 0.417. The van der Waals surface area contributed by atoms with E-state index in [0.29, 0.717) is 24.5 Å². The van der Waals surface area contributed by atoms with Gasteiger partial charge in [-0.2, -0.15) is 0 Å². The molecular weight excluding hydrogens is 222 g/mol. The predicted molar refractivity (Wildman–Crippen MR) is 61.6 cm³/mol. The highest BCUT2D eigenvalue weighted by atomic mass is 16.5. The number of benzene rings is 1. The molecule has 92 valence electrons. The van der Waals surface area contributed by atoms with Crippen molar-refractivity contribution in [2.24, 2.45) is 0 Å². The monoisotopic (exact) mass is 237 g/mol. The molecule has 5 nitrogen and oxygen atoms in total. The maximum Gasteiger partial charge on any atom is 0.220 e. The van der Waals surface area contributed by atoms with E-state index in [0.717, 1.165) is 5.56 Å². The van der Waals surface area contributed by atoms with Crippen LogP contribution < -0.4 is 14.8 Å². The molecule has 0 aromatic heterocycles. The molecule has 0 bridgehead atoms. The summed E-state index contributed by atoms with van der Waals surface area (Å²) in [7, 11) is 2.96. The van der Waals surface area contributed by atoms with Gasteiger partial charge in [0.25, 0.3) is 0 Å². The van der Waals surface area contributed by atoms with Crippen LogP contribution in [0.1, 0.15) is 17.9 Å². The third-order valence-corrected chi connectivity index (χ3v) is 2.95. The summed E-state index contributed by atoms with van der Waals surface area (Å²) in [6.45, 7) is 0.607. The van der Waals surface area contributed by atoms with Crippen LogP contribution in [-0.2, 0) is 4.79 Å². The quantitative estimate of drug-likeness (QED) is 0.823. The maximum atomic E-state index is 11.2. The summed E-state index contributed by atoms with van der Waals surface area (Å²) in [6, 6.07) is 3.48. The second kappa shape index (κ2) is 4.53. The van der Waals surface area contributed by atoms with Crippen molar-refractivity contribution in [3.05, 3.63) is 17.7 Å². The molecule has 2 N–H and O–H groups in total. The smallest absolute Gasteiger partial charge is 0.220 e. The Bertz CT molecular complexity index is 419. The van der Waals surface area contributed by atoms with Crippen molar-refractivity contribution in [1.82, 2.24) is 5.32 Å². The van der Waals surface area contributed by atoms with Crippen molar-refractivity contribution in [3.8, 4) is 17.2 Å². The Labute approximate surface area is 99.3 Å². The topological polar surface area (TPSA) is 67.8 Å². The number of phenolic OH excluding ortho intramolecular Hbond substituents is 1. The average Bonchev–Trinajstić information content (AvgIpc) is 2.76. The Morgan fingerprint density at radius 3 is 2.29 bits per heavy atom. The molecule has 0 spiro atoms. The van der Waals surface area contributed by atoms with Crippen LogP contribution >= 0.6 is 0 Å². The molecule has 1 fully saturated rings. The van der Waals surface area contributed by atoms with Gasteiger partial charge in [0.15, 0.2) is 11.5 Å². The number of rotatable bonds is 3. The second-order valence-corrected chi connectivity index (χ2v) is 3.98. The minimum Gasteiger partial charge on any atom is -0.502 e. The third kappa shape index (κ3) is 2.13. The standard InChI is InChI=1S/C12H15NO4/c1-16-9-3-7(4-10(17-2)12(9)15)8-5-11(14)13-6-8/h3-4,8,15H,5-6H2,1-2H3,(H,13,14). The normalized spacial score (nSPS) is 18.9. The molecule has 1 aliphatic heterocycles. The van der Waals surface area contributed by atoms with Gasteiger partial charge in [-0.3, -0.25) is 4.79 Å². The highest BCUT2D eigenvalue weighted by Gasteiger charge is 2.25. The van der Waals surface area contributed by atoms with Gasteiger partial charge in [0, 0.05) is 18.9 Å². The molecule has 1 saturated heterocycles. The molecular formula is C12H15NO4. The zero-order valence-electron chi connectivity index (χ0n) is 9.82. The lowest BCUT2D eigenvalue weighted by atomic mass is 9.97. The van der Waals surface area contributed by atoms with Crippen LogP contribution in [0.2, 0.25) is 0 Å². The number of nitrogens with one attached hydrogen (secondary N) is 1. The van der Waals surface area contributed by atoms with Crippen LogP contribution in [0.15, 0.2) is 12.1 Å². The average molecular weight is 237 g/mol. The van der Waals surface area contributed by atoms with E-state index in [4.69, 9.17) is 9.47 Å². The number of carbonyl (C=O) groups is 1. The third-order valence-electron chi connectivity index (χ3n) is 2.95. The van der Waals surface area contributed by atoms with Gasteiger partial charge in [-0.1, -0.05) is 0 Å². The van der Waals surface area contributed by atoms with Gasteiger partial charge in [-0.15, -0.1) is 0 Å². The van der Waals surface area contributed by atoms with Gasteiger partial charge >= 0.3 is 0 Å². The van der Waals surface area contributed by atoms with Gasteiger partial charge < -0.3 is 19.9 Å². The molecule has 2 rings (SSSR count). The minimum atomic E-state index is -0.0176. The molecule has 0 aliphatic carbocycles. The highest BCUT2D eigenvalue weighted by molar-refractivity contribution is 5.79. The lowest BCUT2D eigenvalue weighted by molar-refractivity contribution is -0.119. The van der Waals surface area contributed by atoms with E-state index in [-0.39, 0.29) is 17.6 Å². The SMILES string of the molecule is COc1cc(C2CNC(=O)C2)cc(OC)c1O. The van der Waals surface area contributed by atoms with Crippen molar-refractivity contribution in [1.29, 1.82) is 0 Å². The van der Waals surface area contributed by atoms with Gasteiger partial charge in [-0.25, -0.2) is 0 Å². The Hall–Kier alpha value is -1.91. The lowest BCUT2D eigenvalue weighted by Gasteiger charge is -2.14. The van der Waals surface area contributed by atoms with E-state index in [1.807, 2.05) is 0 Å². The van der Waals surface area contributed by atoms with E-state index in [9.17, 15) is 9.90 Å². The predicted octanol–water partition coefficient (Wildman–Crippen LogP) is 1.01. The summed E-state index contributed by atoms with van der Waals surface area (Å²) in [5.41, 5.74) is 0.926. The Morgan fingerprint density at radius 2 is 1.88 bits per heavy atom. The first-order valence-electron chi connectivity index (χ1n) is 5.37. The zero-order valence-corrected chi connectivity index (χ0v) is 9.82. The van der Waals surface area contributed by atoms with Gasteiger partial charge in [0.2, 0.25) is 11.7 Å². The zero-order chi connectivity index (χ0) is 12.4. The molecule has 1 aromatic rings. The van der Waals surface area contributed by atoms with Crippen LogP contribution in [0.5, 0.6) is 17.2 Å². The van der Waals surface area contributed by atoms with E-state index in [1.165, 1.54) is 14.2 Å². The molecule has 1 unspecified atom stereocenters. The molecule has 0 saturated carbocycles. The van der Waals surface area contributed by atoms with Gasteiger partial charge in [0.05, 0.1) is 14.2 Å². The molecule has 17 heavy (non-hydrogen) atoms. The fourth-order valence-corrected chi connectivity index (χ4v) is 1.99. The summed E-state index contributed by atoms with van der Waals surface area (Å²) < 4.78 is 10.2. The maximum absolute atomic E-state index is 11.2. The molecule has 1 atom stereocenters. The highest BCUT2D eigenvalue weighted by Crippen LogP contribution is 2.40. The summed E-state index contributed by atoms with van der Waals surface area (Å²) in [6.07, 6.45) is 0.455. The largest absolute Gasteiger partial charge is 0.502 e. The van der Waals surface area contributed by atoms with E-state index in [1.54, 1.807) is 12.1 Å². The first-order chi connectivity index (χ1) is 8.15. The van der Waals surface area contributed by atoms with Gasteiger partial charge in [-0.05, 0) is 17.7 Å². The van der Waals surface area contributed by atoms with Crippen LogP contribution in [0.4, 0.5) is 0 Å². The number of methoxy groups -OCH3 is 2. The van der Waals surface area contributed by atoms with Crippen LogP contribution in [0, 0.1) is 0 Å². The van der Waals surface area contributed by atoms with Crippen molar-refractivity contribution in [2.45, 2.75) is 12.3 Å². The number of carbonyl (C=O) groups excluding carboxylic acids is 1. The molecule has 1 amide bonds. The number of phenols is 1. The lowest BCUT2D eigenvalue weighted by Crippen LogP contribution is -2.13. The summed E-state index contributed by atoms with van der Waals surface area (Å²) in [5.74, 6) is 0.848. The first kappa shape index (κ1) is 11.6. The van der Waals surface area contributed by atoms with Crippen LogP contribution in [0.25, 0.3) is 0 Å². The number of ether oxygens (including phenoxy) is 2. The molecule has 1 heterocycles. The van der Waals surface area contributed by atoms with E-state index in [2.05, 4.69) is 5.32 Å². The Morgan fingerprint density at radius 1 is 1.29 bits per heavy atom. The molecule has 5 heteroatoms. The van der Waals surface area contributed by atoms with Crippen molar-refractivity contribution >= 4 is 5.91 Å². The van der Waals surface area contributed by atoms with E-state index >= 15 is 0 Å². The van der Waals surface area contributed by atoms with E-state index < -0.39 is 0 Å². The van der Waals surface area contributed by atoms with Crippen LogP contribution in [-0.4, -0.2) is 31.8 Å². The summed E-state index contributed by atoms with van der Waals surface area (Å²) in [5, 5.41) is 12.6. The van der Waals surface area contributed by atoms with Crippen molar-refractivity contribution in [3.63, 3.8) is 0 Å². The molecule has 1 aliphatic rings. The fourth-order valence-electron chi connectivity index (χ4n) is 1.99. The van der Waals surface area contributed by atoms with Gasteiger partial charge in [0.1, 0.15) is 0 Å². The van der Waals surface area contributed by atoms with Crippen molar-refractivity contribution < 1.29 is 19.4 Å². The minimum absolute atomic E-state index is 0.0176.